The van der Waals surface area contributed by atoms with Gasteiger partial charge in [0.15, 0.2) is 0 Å². The van der Waals surface area contributed by atoms with Crippen LogP contribution in [0.5, 0.6) is 5.88 Å². The van der Waals surface area contributed by atoms with Gasteiger partial charge in [0.2, 0.25) is 5.88 Å². The fourth-order valence-corrected chi connectivity index (χ4v) is 1.44. The summed E-state index contributed by atoms with van der Waals surface area (Å²) in [5.41, 5.74) is 0. The lowest BCUT2D eigenvalue weighted by Crippen LogP contribution is -2.11. The Labute approximate surface area is 105 Å². The van der Waals surface area contributed by atoms with Gasteiger partial charge in [-0.2, -0.15) is 5.10 Å². The van der Waals surface area contributed by atoms with Crippen molar-refractivity contribution in [2.24, 2.45) is 0 Å². The number of rotatable bonds is 5. The number of anilines is 1. The predicted octanol–water partition coefficient (Wildman–Crippen LogP) is 1.55. The van der Waals surface area contributed by atoms with Crippen LogP contribution in [0.4, 0.5) is 5.82 Å². The van der Waals surface area contributed by atoms with Crippen molar-refractivity contribution in [3.8, 4) is 5.88 Å². The molecule has 1 unspecified atom stereocenters. The van der Waals surface area contributed by atoms with Crippen molar-refractivity contribution in [2.75, 3.05) is 5.32 Å². The fraction of sp³-hybridized carbons (Fsp3) is 0.455. The highest BCUT2D eigenvalue weighted by Gasteiger charge is 2.09. The van der Waals surface area contributed by atoms with Crippen LogP contribution in [-0.4, -0.2) is 31.3 Å². The van der Waals surface area contributed by atoms with Crippen molar-refractivity contribution in [2.45, 2.75) is 32.9 Å². The van der Waals surface area contributed by atoms with Crippen LogP contribution >= 0.6 is 0 Å². The molecule has 2 N–H and O–H groups in total. The summed E-state index contributed by atoms with van der Waals surface area (Å²) >= 11 is 0. The molecular formula is C11H16N6O. The molecule has 0 bridgehead atoms. The molecule has 0 aliphatic carbocycles. The molecule has 1 atom stereocenters. The first-order valence-corrected chi connectivity index (χ1v) is 5.75. The normalized spacial score (nSPS) is 12.4. The highest BCUT2D eigenvalue weighted by Crippen LogP contribution is 2.17. The molecule has 0 saturated carbocycles. The number of H-pyrrole nitrogens is 1. The first-order valence-electron chi connectivity index (χ1n) is 5.75. The Kier molecular flexibility index (Phi) is 3.71. The summed E-state index contributed by atoms with van der Waals surface area (Å²) in [5, 5.41) is 9.81. The van der Waals surface area contributed by atoms with Crippen LogP contribution in [0.15, 0.2) is 18.7 Å². The minimum Gasteiger partial charge on any atom is -0.475 e. The SMILES string of the molecule is CC(C)Oc1cc(NC(C)c2ncn[nH]2)ncn1. The highest BCUT2D eigenvalue weighted by atomic mass is 16.5. The van der Waals surface area contributed by atoms with Gasteiger partial charge >= 0.3 is 0 Å². The molecule has 2 rings (SSSR count). The van der Waals surface area contributed by atoms with Gasteiger partial charge in [0, 0.05) is 6.07 Å². The maximum absolute atomic E-state index is 5.50. The van der Waals surface area contributed by atoms with Crippen LogP contribution < -0.4 is 10.1 Å². The summed E-state index contributed by atoms with van der Waals surface area (Å²) in [7, 11) is 0. The number of nitrogens with one attached hydrogen (secondary N) is 2. The van der Waals surface area contributed by atoms with Crippen molar-refractivity contribution in [3.05, 3.63) is 24.5 Å². The molecule has 0 saturated heterocycles. The Hall–Kier alpha value is -2.18. The average Bonchev–Trinajstić information content (AvgIpc) is 2.81. The van der Waals surface area contributed by atoms with E-state index in [0.29, 0.717) is 11.7 Å². The summed E-state index contributed by atoms with van der Waals surface area (Å²) in [6.07, 6.45) is 3.02. The standard InChI is InChI=1S/C11H16N6O/c1-7(2)18-10-4-9(12-5-13-10)16-8(3)11-14-6-15-17-11/h4-8H,1-3H3,(H,12,13,16)(H,14,15,17). The average molecular weight is 248 g/mol. The third-order valence-electron chi connectivity index (χ3n) is 2.21. The maximum atomic E-state index is 5.50. The molecule has 0 radical (unpaired) electrons. The van der Waals surface area contributed by atoms with E-state index in [-0.39, 0.29) is 12.1 Å². The van der Waals surface area contributed by atoms with Gasteiger partial charge in [-0.1, -0.05) is 0 Å². The van der Waals surface area contributed by atoms with E-state index in [1.165, 1.54) is 12.7 Å². The zero-order valence-electron chi connectivity index (χ0n) is 10.6. The molecule has 2 aromatic heterocycles. The van der Waals surface area contributed by atoms with Crippen molar-refractivity contribution in [1.82, 2.24) is 25.1 Å². The number of nitrogens with zero attached hydrogens (tertiary/aromatic N) is 4. The number of aromatic amines is 1. The minimum atomic E-state index is -0.0192. The molecular weight excluding hydrogens is 232 g/mol. The number of hydrogen-bond donors (Lipinski definition) is 2. The first-order chi connectivity index (χ1) is 8.65. The second-order valence-corrected chi connectivity index (χ2v) is 4.14. The third kappa shape index (κ3) is 3.16. The van der Waals surface area contributed by atoms with Crippen molar-refractivity contribution < 1.29 is 4.74 Å². The van der Waals surface area contributed by atoms with Crippen molar-refractivity contribution in [3.63, 3.8) is 0 Å². The second kappa shape index (κ2) is 5.44. The van der Waals surface area contributed by atoms with E-state index in [9.17, 15) is 0 Å². The quantitative estimate of drug-likeness (QED) is 0.834. The molecule has 18 heavy (non-hydrogen) atoms. The summed E-state index contributed by atoms with van der Waals surface area (Å²) in [6.45, 7) is 5.87. The van der Waals surface area contributed by atoms with Crippen LogP contribution in [0, 0.1) is 0 Å². The zero-order chi connectivity index (χ0) is 13.0. The Morgan fingerprint density at radius 2 is 2.00 bits per heavy atom. The second-order valence-electron chi connectivity index (χ2n) is 4.14. The molecule has 7 heteroatoms. The summed E-state index contributed by atoms with van der Waals surface area (Å²) in [4.78, 5) is 12.3. The van der Waals surface area contributed by atoms with Crippen LogP contribution in [0.2, 0.25) is 0 Å². The van der Waals surface area contributed by atoms with E-state index in [0.717, 1.165) is 5.82 Å². The molecule has 0 fully saturated rings. The lowest BCUT2D eigenvalue weighted by atomic mass is 10.3. The van der Waals surface area contributed by atoms with Gasteiger partial charge in [0.25, 0.3) is 0 Å². The van der Waals surface area contributed by atoms with Gasteiger partial charge in [-0.15, -0.1) is 0 Å². The van der Waals surface area contributed by atoms with E-state index < -0.39 is 0 Å². The highest BCUT2D eigenvalue weighted by molar-refractivity contribution is 5.38. The molecule has 0 aliphatic heterocycles. The summed E-state index contributed by atoms with van der Waals surface area (Å²) in [6, 6.07) is 1.74. The largest absolute Gasteiger partial charge is 0.475 e. The van der Waals surface area contributed by atoms with Crippen LogP contribution in [-0.2, 0) is 0 Å². The topological polar surface area (TPSA) is 88.6 Å². The van der Waals surface area contributed by atoms with Gasteiger partial charge in [-0.05, 0) is 20.8 Å². The Balaban J connectivity index is 2.05. The molecule has 0 aromatic carbocycles. The van der Waals surface area contributed by atoms with Crippen molar-refractivity contribution >= 4 is 5.82 Å². The monoisotopic (exact) mass is 248 g/mol. The van der Waals surface area contributed by atoms with E-state index >= 15 is 0 Å². The van der Waals surface area contributed by atoms with Gasteiger partial charge in [0.05, 0.1) is 12.1 Å². The molecule has 0 aliphatic rings. The van der Waals surface area contributed by atoms with Crippen LogP contribution in [0.1, 0.15) is 32.6 Å². The third-order valence-corrected chi connectivity index (χ3v) is 2.21. The minimum absolute atomic E-state index is 0.0192. The predicted molar refractivity (Wildman–Crippen MR) is 66.2 cm³/mol. The maximum Gasteiger partial charge on any atom is 0.218 e. The fourth-order valence-electron chi connectivity index (χ4n) is 1.44. The zero-order valence-corrected chi connectivity index (χ0v) is 10.6. The van der Waals surface area contributed by atoms with Gasteiger partial charge in [-0.25, -0.2) is 15.0 Å². The molecule has 0 spiro atoms. The number of hydrogen-bond acceptors (Lipinski definition) is 6. The molecule has 96 valence electrons. The Morgan fingerprint density at radius 1 is 1.17 bits per heavy atom. The lowest BCUT2D eigenvalue weighted by Gasteiger charge is -2.13. The Morgan fingerprint density at radius 3 is 2.67 bits per heavy atom. The smallest absolute Gasteiger partial charge is 0.218 e. The molecule has 2 aromatic rings. The molecule has 0 amide bonds. The van der Waals surface area contributed by atoms with E-state index in [1.807, 2.05) is 20.8 Å². The molecule has 2 heterocycles. The number of ether oxygens (including phenoxy) is 1. The van der Waals surface area contributed by atoms with Gasteiger partial charge in [-0.3, -0.25) is 5.10 Å². The lowest BCUT2D eigenvalue weighted by molar-refractivity contribution is 0.232. The summed E-state index contributed by atoms with van der Waals surface area (Å²) in [5.74, 6) is 1.98. The van der Waals surface area contributed by atoms with Crippen LogP contribution in [0.3, 0.4) is 0 Å². The first kappa shape index (κ1) is 12.3. The van der Waals surface area contributed by atoms with Gasteiger partial charge < -0.3 is 10.1 Å². The van der Waals surface area contributed by atoms with E-state index in [1.54, 1.807) is 6.07 Å². The van der Waals surface area contributed by atoms with E-state index in [2.05, 4.69) is 30.5 Å². The van der Waals surface area contributed by atoms with Crippen molar-refractivity contribution in [1.29, 1.82) is 0 Å². The number of aromatic nitrogens is 5. The molecule has 7 nitrogen and oxygen atoms in total. The Bertz CT molecular complexity index is 484. The van der Waals surface area contributed by atoms with E-state index in [4.69, 9.17) is 4.74 Å². The van der Waals surface area contributed by atoms with Crippen LogP contribution in [0.25, 0.3) is 0 Å². The summed E-state index contributed by atoms with van der Waals surface area (Å²) < 4.78 is 5.50. The van der Waals surface area contributed by atoms with Gasteiger partial charge in [0.1, 0.15) is 24.3 Å².